The molecule has 6 aromatic rings. The summed E-state index contributed by atoms with van der Waals surface area (Å²) in [4.78, 5) is 36.9. The zero-order valence-electron chi connectivity index (χ0n) is 21.0. The van der Waals surface area contributed by atoms with Gasteiger partial charge in [-0.3, -0.25) is 29.7 Å². The molecule has 39 heavy (non-hydrogen) atoms. The number of carbonyl (C=O) groups excluding carboxylic acids is 1. The zero-order chi connectivity index (χ0) is 26.5. The van der Waals surface area contributed by atoms with Gasteiger partial charge in [0.05, 0.1) is 33.7 Å². The molecule has 1 aliphatic heterocycles. The standard InChI is InChI=1S/C28H23FN8OS/c1-15(38)21-4-5-22(39-21)18-11-31-12-20-26(18)34-28(33-20)27-23-19(35-36-27)13-32-25(24(23)29)17-8-16(9-30-10-17)14-37-6-2-3-7-37/h4-5,8-13H,2-3,6-7,14H2,1H3,(H,33,34)(H,35,36). The van der Waals surface area contributed by atoms with Crippen molar-refractivity contribution in [2.24, 2.45) is 0 Å². The summed E-state index contributed by atoms with van der Waals surface area (Å²) >= 11 is 1.39. The molecule has 194 valence electrons. The topological polar surface area (TPSA) is 116 Å². The van der Waals surface area contributed by atoms with Crippen molar-refractivity contribution in [2.75, 3.05) is 13.1 Å². The van der Waals surface area contributed by atoms with Crippen molar-refractivity contribution in [2.45, 2.75) is 26.3 Å². The van der Waals surface area contributed by atoms with Crippen molar-refractivity contribution in [3.8, 4) is 33.2 Å². The Balaban J connectivity index is 1.30. The van der Waals surface area contributed by atoms with Crippen LogP contribution in [0.1, 0.15) is 35.0 Å². The SMILES string of the molecule is CC(=O)c1ccc(-c2cncc3[nH]c(-c4n[nH]c5cnc(-c6cncc(CN7CCCC7)c6)c(F)c45)nc23)s1. The number of thiophene rings is 1. The number of fused-ring (bicyclic) bond motifs is 2. The molecule has 0 amide bonds. The van der Waals surface area contributed by atoms with Crippen molar-refractivity contribution in [1.82, 2.24) is 40.0 Å². The Labute approximate surface area is 226 Å². The number of rotatable bonds is 6. The average molecular weight is 539 g/mol. The summed E-state index contributed by atoms with van der Waals surface area (Å²) in [5, 5.41) is 7.57. The minimum Gasteiger partial charge on any atom is -0.335 e. The van der Waals surface area contributed by atoms with Crippen molar-refractivity contribution in [1.29, 1.82) is 0 Å². The molecule has 0 aliphatic carbocycles. The minimum atomic E-state index is -0.487. The highest BCUT2D eigenvalue weighted by atomic mass is 32.1. The van der Waals surface area contributed by atoms with Gasteiger partial charge in [-0.15, -0.1) is 11.3 Å². The molecule has 0 atom stereocenters. The molecule has 0 aromatic carbocycles. The summed E-state index contributed by atoms with van der Waals surface area (Å²) < 4.78 is 16.1. The summed E-state index contributed by atoms with van der Waals surface area (Å²) in [7, 11) is 0. The molecule has 1 fully saturated rings. The van der Waals surface area contributed by atoms with Gasteiger partial charge in [-0.25, -0.2) is 9.37 Å². The van der Waals surface area contributed by atoms with Crippen molar-refractivity contribution < 1.29 is 9.18 Å². The first-order valence-corrected chi connectivity index (χ1v) is 13.5. The highest BCUT2D eigenvalue weighted by Crippen LogP contribution is 2.36. The van der Waals surface area contributed by atoms with Crippen LogP contribution in [-0.2, 0) is 6.54 Å². The van der Waals surface area contributed by atoms with E-state index in [2.05, 4.69) is 35.0 Å². The normalized spacial score (nSPS) is 14.1. The van der Waals surface area contributed by atoms with Gasteiger partial charge in [0.15, 0.2) is 17.4 Å². The van der Waals surface area contributed by atoms with Gasteiger partial charge in [0.25, 0.3) is 0 Å². The van der Waals surface area contributed by atoms with E-state index in [0.29, 0.717) is 43.9 Å². The molecule has 7 heterocycles. The number of carbonyl (C=O) groups is 1. The number of hydrogen-bond donors (Lipinski definition) is 2. The van der Waals surface area contributed by atoms with E-state index in [9.17, 15) is 4.79 Å². The molecule has 0 saturated carbocycles. The number of ketones is 1. The van der Waals surface area contributed by atoms with Gasteiger partial charge >= 0.3 is 0 Å². The summed E-state index contributed by atoms with van der Waals surface area (Å²) in [5.74, 6) is -0.0703. The molecular formula is C28H23FN8OS. The number of imidazole rings is 1. The second kappa shape index (κ2) is 9.44. The number of aromatic amines is 2. The molecular weight excluding hydrogens is 515 g/mol. The molecule has 1 saturated heterocycles. The summed E-state index contributed by atoms with van der Waals surface area (Å²) in [6.07, 6.45) is 10.8. The molecule has 0 bridgehead atoms. The third kappa shape index (κ3) is 4.19. The number of H-pyrrole nitrogens is 2. The number of nitrogens with zero attached hydrogens (tertiary/aromatic N) is 6. The third-order valence-corrected chi connectivity index (χ3v) is 8.27. The first-order chi connectivity index (χ1) is 19.0. The lowest BCUT2D eigenvalue weighted by atomic mass is 10.1. The van der Waals surface area contributed by atoms with Gasteiger partial charge in [-0.2, -0.15) is 5.10 Å². The Morgan fingerprint density at radius 1 is 1.05 bits per heavy atom. The van der Waals surface area contributed by atoms with E-state index in [0.717, 1.165) is 35.6 Å². The van der Waals surface area contributed by atoms with E-state index in [4.69, 9.17) is 4.98 Å². The average Bonchev–Trinajstić information content (AvgIpc) is 3.74. The predicted molar refractivity (Wildman–Crippen MR) is 148 cm³/mol. The lowest BCUT2D eigenvalue weighted by Gasteiger charge is -2.14. The molecule has 9 nitrogen and oxygen atoms in total. The number of Topliss-reactive ketones (excluding diaryl/α,β-unsaturated/α-hetero) is 1. The van der Waals surface area contributed by atoms with E-state index in [1.54, 1.807) is 37.8 Å². The molecule has 0 unspecified atom stereocenters. The van der Waals surface area contributed by atoms with Crippen molar-refractivity contribution in [3.63, 3.8) is 0 Å². The minimum absolute atomic E-state index is 0.00812. The lowest BCUT2D eigenvalue weighted by molar-refractivity contribution is 0.102. The van der Waals surface area contributed by atoms with Crippen LogP contribution in [0.25, 0.3) is 55.2 Å². The Morgan fingerprint density at radius 3 is 2.72 bits per heavy atom. The van der Waals surface area contributed by atoms with Crippen LogP contribution in [0, 0.1) is 5.82 Å². The van der Waals surface area contributed by atoms with Crippen LogP contribution in [0.15, 0.2) is 49.2 Å². The van der Waals surface area contributed by atoms with E-state index < -0.39 is 5.82 Å². The van der Waals surface area contributed by atoms with Crippen molar-refractivity contribution >= 4 is 39.1 Å². The van der Waals surface area contributed by atoms with E-state index >= 15 is 4.39 Å². The fraction of sp³-hybridized carbons (Fsp3) is 0.214. The highest BCUT2D eigenvalue weighted by molar-refractivity contribution is 7.17. The predicted octanol–water partition coefficient (Wildman–Crippen LogP) is 5.62. The van der Waals surface area contributed by atoms with Crippen LogP contribution < -0.4 is 0 Å². The zero-order valence-corrected chi connectivity index (χ0v) is 21.8. The fourth-order valence-corrected chi connectivity index (χ4v) is 6.06. The largest absolute Gasteiger partial charge is 0.335 e. The third-order valence-electron chi connectivity index (χ3n) is 7.05. The van der Waals surface area contributed by atoms with Gasteiger partial charge in [-0.05, 0) is 56.6 Å². The Kier molecular flexibility index (Phi) is 5.75. The molecule has 7 rings (SSSR count). The highest BCUT2D eigenvalue weighted by Gasteiger charge is 2.22. The first kappa shape index (κ1) is 23.7. The number of hydrogen-bond acceptors (Lipinski definition) is 8. The summed E-state index contributed by atoms with van der Waals surface area (Å²) in [5.41, 5.74) is 4.83. The second-order valence-corrected chi connectivity index (χ2v) is 10.8. The number of likely N-dealkylation sites (tertiary alicyclic amines) is 1. The van der Waals surface area contributed by atoms with E-state index in [1.807, 2.05) is 18.3 Å². The van der Waals surface area contributed by atoms with Gasteiger partial charge in [0, 0.05) is 41.1 Å². The Bertz CT molecular complexity index is 1870. The molecule has 6 aromatic heterocycles. The van der Waals surface area contributed by atoms with Crippen LogP contribution in [0.2, 0.25) is 0 Å². The van der Waals surface area contributed by atoms with E-state index in [1.165, 1.54) is 24.2 Å². The summed E-state index contributed by atoms with van der Waals surface area (Å²) in [6, 6.07) is 5.65. The second-order valence-electron chi connectivity index (χ2n) is 9.74. The van der Waals surface area contributed by atoms with Crippen LogP contribution in [0.5, 0.6) is 0 Å². The number of nitrogens with one attached hydrogen (secondary N) is 2. The maximum atomic E-state index is 16.1. The molecule has 2 N–H and O–H groups in total. The van der Waals surface area contributed by atoms with Gasteiger partial charge in [0.1, 0.15) is 16.9 Å². The van der Waals surface area contributed by atoms with Crippen LogP contribution in [-0.4, -0.2) is 58.9 Å². The Hall–Kier alpha value is -4.35. The van der Waals surface area contributed by atoms with Gasteiger partial charge in [0.2, 0.25) is 0 Å². The maximum absolute atomic E-state index is 16.1. The molecule has 0 spiro atoms. The van der Waals surface area contributed by atoms with Crippen LogP contribution in [0.4, 0.5) is 4.39 Å². The fourth-order valence-electron chi connectivity index (χ4n) is 5.15. The number of pyridine rings is 3. The van der Waals surface area contributed by atoms with Crippen LogP contribution >= 0.6 is 11.3 Å². The number of aromatic nitrogens is 7. The van der Waals surface area contributed by atoms with Gasteiger partial charge < -0.3 is 4.98 Å². The lowest BCUT2D eigenvalue weighted by Crippen LogP contribution is -2.18. The molecule has 1 aliphatic rings. The first-order valence-electron chi connectivity index (χ1n) is 12.7. The molecule has 0 radical (unpaired) electrons. The molecule has 11 heteroatoms. The maximum Gasteiger partial charge on any atom is 0.169 e. The Morgan fingerprint density at radius 2 is 1.90 bits per heavy atom. The monoisotopic (exact) mass is 538 g/mol. The quantitative estimate of drug-likeness (QED) is 0.264. The van der Waals surface area contributed by atoms with Crippen molar-refractivity contribution in [3.05, 3.63) is 65.4 Å². The number of halogens is 1. The summed E-state index contributed by atoms with van der Waals surface area (Å²) in [6.45, 7) is 4.47. The van der Waals surface area contributed by atoms with Gasteiger partial charge in [-0.1, -0.05) is 0 Å². The van der Waals surface area contributed by atoms with E-state index in [-0.39, 0.29) is 11.5 Å². The van der Waals surface area contributed by atoms with Crippen LogP contribution in [0.3, 0.4) is 0 Å². The smallest absolute Gasteiger partial charge is 0.169 e.